The highest BCUT2D eigenvalue weighted by atomic mass is 16.2. The Labute approximate surface area is 179 Å². The largest absolute Gasteiger partial charge is 0.356 e. The van der Waals surface area contributed by atoms with Gasteiger partial charge >= 0.3 is 0 Å². The first-order chi connectivity index (χ1) is 14.6. The van der Waals surface area contributed by atoms with Crippen LogP contribution >= 0.6 is 0 Å². The number of anilines is 1. The number of hydrogen-bond donors (Lipinski definition) is 2. The monoisotopic (exact) mass is 408 g/mol. The molecular weight excluding hydrogens is 376 g/mol. The van der Waals surface area contributed by atoms with E-state index in [1.54, 1.807) is 18.3 Å². The standard InChI is InChI=1S/C24H32N4O2/c1-3-18(2)21(27-23(29)19-11-6-4-7-12-19)24(30)26-17-20-13-10-14-25-22(20)28-15-8-5-9-16-28/h4,6-7,10-14,18,21H,3,5,8-9,15-17H2,1-2H3,(H,26,30)(H,27,29). The number of pyridine rings is 1. The van der Waals surface area contributed by atoms with Crippen molar-refractivity contribution in [3.8, 4) is 0 Å². The van der Waals surface area contributed by atoms with Gasteiger partial charge in [-0.25, -0.2) is 4.98 Å². The summed E-state index contributed by atoms with van der Waals surface area (Å²) in [5, 5.41) is 5.95. The minimum Gasteiger partial charge on any atom is -0.356 e. The lowest BCUT2D eigenvalue weighted by Gasteiger charge is -2.29. The molecule has 160 valence electrons. The molecule has 2 heterocycles. The molecule has 0 aliphatic carbocycles. The van der Waals surface area contributed by atoms with Gasteiger partial charge in [0.25, 0.3) is 5.91 Å². The molecule has 1 fully saturated rings. The quantitative estimate of drug-likeness (QED) is 0.701. The third-order valence-corrected chi connectivity index (χ3v) is 5.79. The van der Waals surface area contributed by atoms with Crippen LogP contribution in [-0.2, 0) is 11.3 Å². The maximum absolute atomic E-state index is 13.0. The number of hydrogen-bond acceptors (Lipinski definition) is 4. The zero-order valence-corrected chi connectivity index (χ0v) is 17.9. The van der Waals surface area contributed by atoms with Crippen LogP contribution in [0.5, 0.6) is 0 Å². The van der Waals surface area contributed by atoms with Gasteiger partial charge in [0, 0.05) is 37.0 Å². The van der Waals surface area contributed by atoms with E-state index in [0.717, 1.165) is 30.9 Å². The van der Waals surface area contributed by atoms with E-state index in [1.165, 1.54) is 19.3 Å². The van der Waals surface area contributed by atoms with Crippen LogP contribution in [0, 0.1) is 5.92 Å². The van der Waals surface area contributed by atoms with Gasteiger partial charge in [0.15, 0.2) is 0 Å². The Morgan fingerprint density at radius 1 is 1.07 bits per heavy atom. The normalized spacial score (nSPS) is 15.9. The average Bonchev–Trinajstić information content (AvgIpc) is 2.81. The minimum absolute atomic E-state index is 0.0214. The van der Waals surface area contributed by atoms with E-state index in [1.807, 2.05) is 44.2 Å². The Morgan fingerprint density at radius 3 is 2.50 bits per heavy atom. The highest BCUT2D eigenvalue weighted by Gasteiger charge is 2.26. The second-order valence-electron chi connectivity index (χ2n) is 7.95. The highest BCUT2D eigenvalue weighted by Crippen LogP contribution is 2.21. The first-order valence-corrected chi connectivity index (χ1v) is 10.9. The summed E-state index contributed by atoms with van der Waals surface area (Å²) >= 11 is 0. The summed E-state index contributed by atoms with van der Waals surface area (Å²) in [6.45, 7) is 6.40. The Morgan fingerprint density at radius 2 is 1.80 bits per heavy atom. The van der Waals surface area contributed by atoms with Gasteiger partial charge < -0.3 is 15.5 Å². The Bertz CT molecular complexity index is 834. The van der Waals surface area contributed by atoms with Crippen molar-refractivity contribution in [3.63, 3.8) is 0 Å². The SMILES string of the molecule is CCC(C)C(NC(=O)c1ccccc1)C(=O)NCc1cccnc1N1CCCCC1. The topological polar surface area (TPSA) is 74.3 Å². The smallest absolute Gasteiger partial charge is 0.251 e. The zero-order chi connectivity index (χ0) is 21.3. The first-order valence-electron chi connectivity index (χ1n) is 10.9. The second kappa shape index (κ2) is 10.8. The van der Waals surface area contributed by atoms with E-state index >= 15 is 0 Å². The lowest BCUT2D eigenvalue weighted by molar-refractivity contribution is -0.124. The van der Waals surface area contributed by atoms with Gasteiger partial charge in [0.05, 0.1) is 0 Å². The summed E-state index contributed by atoms with van der Waals surface area (Å²) in [7, 11) is 0. The van der Waals surface area contributed by atoms with Crippen molar-refractivity contribution in [3.05, 3.63) is 59.8 Å². The van der Waals surface area contributed by atoms with Gasteiger partial charge in [-0.05, 0) is 43.4 Å². The van der Waals surface area contributed by atoms with Crippen LogP contribution in [0.2, 0.25) is 0 Å². The molecule has 3 rings (SSSR count). The Balaban J connectivity index is 1.67. The van der Waals surface area contributed by atoms with Crippen LogP contribution in [0.1, 0.15) is 55.5 Å². The number of piperidine rings is 1. The molecule has 0 bridgehead atoms. The maximum atomic E-state index is 13.0. The number of aromatic nitrogens is 1. The van der Waals surface area contributed by atoms with E-state index in [2.05, 4.69) is 20.5 Å². The molecule has 0 spiro atoms. The number of benzene rings is 1. The van der Waals surface area contributed by atoms with E-state index in [0.29, 0.717) is 12.1 Å². The fraction of sp³-hybridized carbons (Fsp3) is 0.458. The molecule has 1 aromatic heterocycles. The number of nitrogens with one attached hydrogen (secondary N) is 2. The van der Waals surface area contributed by atoms with Crippen LogP contribution in [0.25, 0.3) is 0 Å². The zero-order valence-electron chi connectivity index (χ0n) is 17.9. The molecule has 6 nitrogen and oxygen atoms in total. The van der Waals surface area contributed by atoms with Gasteiger partial charge in [-0.3, -0.25) is 9.59 Å². The molecule has 6 heteroatoms. The molecule has 1 saturated heterocycles. The van der Waals surface area contributed by atoms with Crippen molar-refractivity contribution >= 4 is 17.6 Å². The van der Waals surface area contributed by atoms with Crippen molar-refractivity contribution in [2.75, 3.05) is 18.0 Å². The maximum Gasteiger partial charge on any atom is 0.251 e. The fourth-order valence-corrected chi connectivity index (χ4v) is 3.77. The van der Waals surface area contributed by atoms with Gasteiger partial charge in [0.1, 0.15) is 11.9 Å². The summed E-state index contributed by atoms with van der Waals surface area (Å²) < 4.78 is 0. The molecule has 2 aromatic rings. The molecule has 1 aliphatic rings. The summed E-state index contributed by atoms with van der Waals surface area (Å²) in [5.74, 6) is 0.576. The van der Waals surface area contributed by atoms with E-state index in [-0.39, 0.29) is 17.7 Å². The summed E-state index contributed by atoms with van der Waals surface area (Å²) in [6.07, 6.45) is 6.19. The highest BCUT2D eigenvalue weighted by molar-refractivity contribution is 5.97. The molecule has 0 radical (unpaired) electrons. The summed E-state index contributed by atoms with van der Waals surface area (Å²) in [5.41, 5.74) is 1.56. The number of nitrogens with zero attached hydrogens (tertiary/aromatic N) is 2. The predicted octanol–water partition coefficient (Wildman–Crippen LogP) is 3.53. The van der Waals surface area contributed by atoms with Crippen LogP contribution in [0.15, 0.2) is 48.7 Å². The molecule has 0 saturated carbocycles. The van der Waals surface area contributed by atoms with Crippen molar-refractivity contribution in [2.24, 2.45) is 5.92 Å². The number of amides is 2. The van der Waals surface area contributed by atoms with E-state index in [4.69, 9.17) is 0 Å². The third-order valence-electron chi connectivity index (χ3n) is 5.79. The van der Waals surface area contributed by atoms with Crippen LogP contribution in [0.4, 0.5) is 5.82 Å². The lowest BCUT2D eigenvalue weighted by Crippen LogP contribution is -2.50. The van der Waals surface area contributed by atoms with Gasteiger partial charge in [-0.2, -0.15) is 0 Å². The molecule has 2 N–H and O–H groups in total. The number of carbonyl (C=O) groups excluding carboxylic acids is 2. The Kier molecular flexibility index (Phi) is 7.82. The summed E-state index contributed by atoms with van der Waals surface area (Å²) in [4.78, 5) is 32.5. The minimum atomic E-state index is -0.585. The molecule has 2 unspecified atom stereocenters. The van der Waals surface area contributed by atoms with Crippen molar-refractivity contribution in [2.45, 2.75) is 52.1 Å². The van der Waals surface area contributed by atoms with Gasteiger partial charge in [0.2, 0.25) is 5.91 Å². The van der Waals surface area contributed by atoms with Crippen molar-refractivity contribution in [1.29, 1.82) is 0 Å². The van der Waals surface area contributed by atoms with E-state index in [9.17, 15) is 9.59 Å². The molecular formula is C24H32N4O2. The fourth-order valence-electron chi connectivity index (χ4n) is 3.77. The third kappa shape index (κ3) is 5.59. The Hall–Kier alpha value is -2.89. The molecule has 2 atom stereocenters. The summed E-state index contributed by atoms with van der Waals surface area (Å²) in [6, 6.07) is 12.3. The molecule has 2 amide bonds. The van der Waals surface area contributed by atoms with Crippen LogP contribution in [-0.4, -0.2) is 35.9 Å². The van der Waals surface area contributed by atoms with Crippen LogP contribution < -0.4 is 15.5 Å². The van der Waals surface area contributed by atoms with Gasteiger partial charge in [-0.1, -0.05) is 44.5 Å². The predicted molar refractivity (Wildman–Crippen MR) is 119 cm³/mol. The molecule has 1 aliphatic heterocycles. The van der Waals surface area contributed by atoms with Gasteiger partial charge in [-0.15, -0.1) is 0 Å². The first kappa shape index (κ1) is 21.8. The lowest BCUT2D eigenvalue weighted by atomic mass is 9.97. The van der Waals surface area contributed by atoms with E-state index < -0.39 is 6.04 Å². The molecule has 30 heavy (non-hydrogen) atoms. The second-order valence-corrected chi connectivity index (χ2v) is 7.95. The average molecular weight is 409 g/mol. The van der Waals surface area contributed by atoms with Crippen molar-refractivity contribution in [1.82, 2.24) is 15.6 Å². The van der Waals surface area contributed by atoms with Crippen LogP contribution in [0.3, 0.4) is 0 Å². The van der Waals surface area contributed by atoms with Crippen molar-refractivity contribution < 1.29 is 9.59 Å². The molecule has 1 aromatic carbocycles. The number of rotatable bonds is 8. The number of carbonyl (C=O) groups is 2.